The predicted molar refractivity (Wildman–Crippen MR) is 97.4 cm³/mol. The van der Waals surface area contributed by atoms with Gasteiger partial charge in [0.05, 0.1) is 15.1 Å². The van der Waals surface area contributed by atoms with Crippen molar-refractivity contribution in [2.75, 3.05) is 18.0 Å². The van der Waals surface area contributed by atoms with Gasteiger partial charge >= 0.3 is 0 Å². The maximum Gasteiger partial charge on any atom is 0.258 e. The number of anilines is 1. The lowest BCUT2D eigenvalue weighted by molar-refractivity contribution is 0.100. The molecule has 24 heavy (non-hydrogen) atoms. The molecule has 2 aliphatic rings. The molecule has 0 radical (unpaired) electrons. The fourth-order valence-electron chi connectivity index (χ4n) is 4.38. The smallest absolute Gasteiger partial charge is 0.258 e. The SMILES string of the molecule is NC(=O)c1cc2ncnc(N3CCC(C4CCCCC4)CC3)c2s1. The summed E-state index contributed by atoms with van der Waals surface area (Å²) in [7, 11) is 0. The minimum absolute atomic E-state index is 0.389. The average Bonchev–Trinajstić information content (AvgIpc) is 3.07. The van der Waals surface area contributed by atoms with Gasteiger partial charge in [0.2, 0.25) is 0 Å². The maximum atomic E-state index is 11.4. The van der Waals surface area contributed by atoms with Crippen LogP contribution in [0.15, 0.2) is 12.4 Å². The van der Waals surface area contributed by atoms with Crippen LogP contribution in [0, 0.1) is 11.8 Å². The lowest BCUT2D eigenvalue weighted by atomic mass is 9.76. The van der Waals surface area contributed by atoms with E-state index in [0.717, 1.165) is 41.0 Å². The van der Waals surface area contributed by atoms with Gasteiger partial charge in [0.25, 0.3) is 5.91 Å². The summed E-state index contributed by atoms with van der Waals surface area (Å²) >= 11 is 1.41. The highest BCUT2D eigenvalue weighted by molar-refractivity contribution is 7.21. The number of primary amides is 1. The second kappa shape index (κ2) is 6.67. The molecule has 6 heteroatoms. The van der Waals surface area contributed by atoms with Gasteiger partial charge in [0, 0.05) is 13.1 Å². The van der Waals surface area contributed by atoms with Crippen LogP contribution in [-0.4, -0.2) is 29.0 Å². The summed E-state index contributed by atoms with van der Waals surface area (Å²) in [5.41, 5.74) is 6.24. The van der Waals surface area contributed by atoms with Gasteiger partial charge in [0.1, 0.15) is 12.1 Å². The van der Waals surface area contributed by atoms with E-state index in [9.17, 15) is 4.79 Å². The number of hydrogen-bond acceptors (Lipinski definition) is 5. The Balaban J connectivity index is 1.51. The molecule has 0 atom stereocenters. The Hall–Kier alpha value is -1.69. The van der Waals surface area contributed by atoms with Gasteiger partial charge in [-0.15, -0.1) is 11.3 Å². The molecule has 4 rings (SSSR count). The van der Waals surface area contributed by atoms with Gasteiger partial charge in [-0.1, -0.05) is 32.1 Å². The lowest BCUT2D eigenvalue weighted by Gasteiger charge is -2.38. The van der Waals surface area contributed by atoms with E-state index in [1.54, 1.807) is 12.4 Å². The summed E-state index contributed by atoms with van der Waals surface area (Å²) in [6.45, 7) is 2.11. The van der Waals surface area contributed by atoms with E-state index in [0.29, 0.717) is 4.88 Å². The molecule has 2 aromatic rings. The van der Waals surface area contributed by atoms with Crippen molar-refractivity contribution in [3.05, 3.63) is 17.3 Å². The first-order valence-corrected chi connectivity index (χ1v) is 9.83. The number of hydrogen-bond donors (Lipinski definition) is 1. The fraction of sp³-hybridized carbons (Fsp3) is 0.611. The van der Waals surface area contributed by atoms with Crippen molar-refractivity contribution >= 4 is 33.3 Å². The van der Waals surface area contributed by atoms with Crippen molar-refractivity contribution in [2.24, 2.45) is 17.6 Å². The summed E-state index contributed by atoms with van der Waals surface area (Å²) in [5, 5.41) is 0. The number of carbonyl (C=O) groups is 1. The van der Waals surface area contributed by atoms with Gasteiger partial charge in [-0.05, 0) is 30.7 Å². The van der Waals surface area contributed by atoms with Crippen molar-refractivity contribution in [1.29, 1.82) is 0 Å². The highest BCUT2D eigenvalue weighted by Gasteiger charge is 2.29. The van der Waals surface area contributed by atoms with E-state index >= 15 is 0 Å². The number of piperidine rings is 1. The fourth-order valence-corrected chi connectivity index (χ4v) is 5.36. The van der Waals surface area contributed by atoms with Crippen LogP contribution in [0.25, 0.3) is 10.2 Å². The monoisotopic (exact) mass is 344 g/mol. The van der Waals surface area contributed by atoms with Gasteiger partial charge in [0.15, 0.2) is 0 Å². The first-order chi connectivity index (χ1) is 11.7. The normalized spacial score (nSPS) is 20.6. The Morgan fingerprint density at radius 3 is 2.50 bits per heavy atom. The van der Waals surface area contributed by atoms with Crippen LogP contribution in [0.3, 0.4) is 0 Å². The molecule has 0 spiro atoms. The molecular weight excluding hydrogens is 320 g/mol. The van der Waals surface area contributed by atoms with Crippen molar-refractivity contribution in [1.82, 2.24) is 9.97 Å². The number of rotatable bonds is 3. The van der Waals surface area contributed by atoms with Gasteiger partial charge < -0.3 is 10.6 Å². The molecule has 1 amide bonds. The zero-order chi connectivity index (χ0) is 16.5. The first kappa shape index (κ1) is 15.8. The Kier molecular flexibility index (Phi) is 4.39. The van der Waals surface area contributed by atoms with Crippen LogP contribution in [0.1, 0.15) is 54.6 Å². The van der Waals surface area contributed by atoms with E-state index in [-0.39, 0.29) is 5.91 Å². The Labute approximate surface area is 146 Å². The summed E-state index contributed by atoms with van der Waals surface area (Å²) in [6.07, 6.45) is 11.2. The summed E-state index contributed by atoms with van der Waals surface area (Å²) in [4.78, 5) is 23.2. The molecule has 2 aromatic heterocycles. The standard InChI is InChI=1S/C18H24N4OS/c19-17(23)15-10-14-16(24-15)18(21-11-20-14)22-8-6-13(7-9-22)12-4-2-1-3-5-12/h10-13H,1-9H2,(H2,19,23). The molecule has 2 fully saturated rings. The van der Waals surface area contributed by atoms with Crippen LogP contribution in [0.5, 0.6) is 0 Å². The summed E-state index contributed by atoms with van der Waals surface area (Å²) in [6, 6.07) is 1.78. The Bertz CT molecular complexity index is 730. The zero-order valence-corrected chi connectivity index (χ0v) is 14.7. The number of carbonyl (C=O) groups excluding carboxylic acids is 1. The van der Waals surface area contributed by atoms with Crippen molar-refractivity contribution in [3.8, 4) is 0 Å². The topological polar surface area (TPSA) is 72.1 Å². The van der Waals surface area contributed by atoms with E-state index in [1.807, 2.05) is 0 Å². The van der Waals surface area contributed by atoms with Crippen LogP contribution in [0.4, 0.5) is 5.82 Å². The number of nitrogens with zero attached hydrogens (tertiary/aromatic N) is 3. The minimum Gasteiger partial charge on any atom is -0.365 e. The van der Waals surface area contributed by atoms with Crippen molar-refractivity contribution < 1.29 is 4.79 Å². The molecule has 5 nitrogen and oxygen atoms in total. The quantitative estimate of drug-likeness (QED) is 0.923. The van der Waals surface area contributed by atoms with Crippen LogP contribution in [-0.2, 0) is 0 Å². The van der Waals surface area contributed by atoms with Gasteiger partial charge in [-0.25, -0.2) is 9.97 Å². The molecule has 128 valence electrons. The molecule has 1 saturated heterocycles. The van der Waals surface area contributed by atoms with E-state index in [2.05, 4.69) is 14.9 Å². The second-order valence-corrected chi connectivity index (χ2v) is 8.16. The maximum absolute atomic E-state index is 11.4. The molecule has 1 saturated carbocycles. The Morgan fingerprint density at radius 2 is 1.79 bits per heavy atom. The van der Waals surface area contributed by atoms with Crippen molar-refractivity contribution in [2.45, 2.75) is 44.9 Å². The second-order valence-electron chi connectivity index (χ2n) is 7.11. The highest BCUT2D eigenvalue weighted by Crippen LogP contribution is 2.38. The molecule has 0 bridgehead atoms. The predicted octanol–water partition coefficient (Wildman–Crippen LogP) is 3.59. The number of amides is 1. The largest absolute Gasteiger partial charge is 0.365 e. The number of nitrogens with two attached hydrogens (primary N) is 1. The third-order valence-electron chi connectivity index (χ3n) is 5.69. The number of fused-ring (bicyclic) bond motifs is 1. The lowest BCUT2D eigenvalue weighted by Crippen LogP contribution is -2.37. The number of aromatic nitrogens is 2. The molecule has 0 unspecified atom stereocenters. The molecule has 1 aliphatic heterocycles. The summed E-state index contributed by atoms with van der Waals surface area (Å²) in [5.74, 6) is 2.40. The van der Waals surface area contributed by atoms with E-state index in [1.165, 1.54) is 56.3 Å². The first-order valence-electron chi connectivity index (χ1n) is 9.01. The number of thiophene rings is 1. The van der Waals surface area contributed by atoms with Gasteiger partial charge in [-0.3, -0.25) is 4.79 Å². The minimum atomic E-state index is -0.389. The summed E-state index contributed by atoms with van der Waals surface area (Å²) < 4.78 is 0.988. The average molecular weight is 344 g/mol. The molecule has 3 heterocycles. The van der Waals surface area contributed by atoms with Crippen molar-refractivity contribution in [3.63, 3.8) is 0 Å². The van der Waals surface area contributed by atoms with E-state index in [4.69, 9.17) is 5.73 Å². The third-order valence-corrected chi connectivity index (χ3v) is 6.83. The molecular formula is C18H24N4OS. The van der Waals surface area contributed by atoms with Gasteiger partial charge in [-0.2, -0.15) is 0 Å². The van der Waals surface area contributed by atoms with Crippen LogP contribution >= 0.6 is 11.3 Å². The molecule has 1 aliphatic carbocycles. The van der Waals surface area contributed by atoms with Crippen LogP contribution in [0.2, 0.25) is 0 Å². The highest BCUT2D eigenvalue weighted by atomic mass is 32.1. The van der Waals surface area contributed by atoms with Crippen LogP contribution < -0.4 is 10.6 Å². The molecule has 2 N–H and O–H groups in total. The Morgan fingerprint density at radius 1 is 1.08 bits per heavy atom. The molecule has 0 aromatic carbocycles. The third kappa shape index (κ3) is 2.99. The zero-order valence-electron chi connectivity index (χ0n) is 13.9. The van der Waals surface area contributed by atoms with E-state index < -0.39 is 0 Å².